The molecule has 1 fully saturated rings. The first-order chi connectivity index (χ1) is 4.34. The highest BCUT2D eigenvalue weighted by molar-refractivity contribution is 4.75. The van der Waals surface area contributed by atoms with E-state index >= 15 is 0 Å². The van der Waals surface area contributed by atoms with Gasteiger partial charge in [-0.2, -0.15) is 0 Å². The molecular formula is C6H13NO2. The molecule has 0 aromatic carbocycles. The number of piperidine rings is 1. The zero-order chi connectivity index (χ0) is 6.69. The summed E-state index contributed by atoms with van der Waals surface area (Å²) in [5.41, 5.74) is 0. The maximum atomic E-state index is 9.15. The Bertz CT molecular complexity index is 87.1. The maximum absolute atomic E-state index is 9.15. The predicted molar refractivity (Wildman–Crippen MR) is 34.1 cm³/mol. The molecule has 54 valence electrons. The molecule has 0 aromatic heterocycles. The van der Waals surface area contributed by atoms with Crippen LogP contribution in [-0.2, 0) is 0 Å². The van der Waals surface area contributed by atoms with Gasteiger partial charge in [-0.05, 0) is 13.0 Å². The molecule has 2 atom stereocenters. The van der Waals surface area contributed by atoms with E-state index in [1.807, 2.05) is 0 Å². The Hall–Kier alpha value is -0.120. The van der Waals surface area contributed by atoms with Crippen molar-refractivity contribution in [2.24, 2.45) is 5.92 Å². The van der Waals surface area contributed by atoms with E-state index in [2.05, 4.69) is 5.32 Å². The quantitative estimate of drug-likeness (QED) is 0.425. The molecule has 3 nitrogen and oxygen atoms in total. The molecule has 3 heteroatoms. The van der Waals surface area contributed by atoms with Crippen molar-refractivity contribution in [3.63, 3.8) is 0 Å². The molecule has 1 heterocycles. The van der Waals surface area contributed by atoms with Gasteiger partial charge in [-0.25, -0.2) is 0 Å². The van der Waals surface area contributed by atoms with Gasteiger partial charge in [0.15, 0.2) is 0 Å². The Balaban J connectivity index is 2.30. The van der Waals surface area contributed by atoms with Crippen molar-refractivity contribution in [1.82, 2.24) is 5.32 Å². The lowest BCUT2D eigenvalue weighted by Crippen LogP contribution is -2.41. The minimum atomic E-state index is -0.344. The first kappa shape index (κ1) is 6.99. The van der Waals surface area contributed by atoms with Crippen molar-refractivity contribution in [2.75, 3.05) is 19.7 Å². The summed E-state index contributed by atoms with van der Waals surface area (Å²) in [4.78, 5) is 0. The van der Waals surface area contributed by atoms with Crippen LogP contribution >= 0.6 is 0 Å². The lowest BCUT2D eigenvalue weighted by Gasteiger charge is -2.26. The van der Waals surface area contributed by atoms with Crippen LogP contribution in [0.3, 0.4) is 0 Å². The Morgan fingerprint density at radius 3 is 2.78 bits per heavy atom. The van der Waals surface area contributed by atoms with Gasteiger partial charge in [-0.15, -0.1) is 0 Å². The Labute approximate surface area is 54.7 Å². The molecule has 0 spiro atoms. The highest BCUT2D eigenvalue weighted by Gasteiger charge is 2.20. The number of hydrogen-bond acceptors (Lipinski definition) is 3. The smallest absolute Gasteiger partial charge is 0.0715 e. The van der Waals surface area contributed by atoms with Crippen molar-refractivity contribution in [3.05, 3.63) is 0 Å². The average molecular weight is 131 g/mol. The maximum Gasteiger partial charge on any atom is 0.0715 e. The van der Waals surface area contributed by atoms with Crippen molar-refractivity contribution in [2.45, 2.75) is 12.5 Å². The van der Waals surface area contributed by atoms with Crippen molar-refractivity contribution in [1.29, 1.82) is 0 Å². The molecule has 1 aliphatic rings. The van der Waals surface area contributed by atoms with E-state index in [0.717, 1.165) is 13.0 Å². The normalized spacial score (nSPS) is 36.7. The fraction of sp³-hybridized carbons (Fsp3) is 1.00. The van der Waals surface area contributed by atoms with Crippen LogP contribution in [0.5, 0.6) is 0 Å². The Kier molecular flexibility index (Phi) is 2.45. The van der Waals surface area contributed by atoms with Gasteiger partial charge >= 0.3 is 0 Å². The molecule has 0 saturated carbocycles. The predicted octanol–water partition coefficient (Wildman–Crippen LogP) is -1.05. The van der Waals surface area contributed by atoms with Crippen molar-refractivity contribution >= 4 is 0 Å². The van der Waals surface area contributed by atoms with Crippen LogP contribution in [-0.4, -0.2) is 36.0 Å². The molecule has 0 bridgehead atoms. The van der Waals surface area contributed by atoms with Gasteiger partial charge in [0.2, 0.25) is 0 Å². The lowest BCUT2D eigenvalue weighted by atomic mass is 9.96. The summed E-state index contributed by atoms with van der Waals surface area (Å²) in [6.45, 7) is 1.66. The third-order valence-electron chi connectivity index (χ3n) is 1.82. The van der Waals surface area contributed by atoms with Crippen LogP contribution in [0.25, 0.3) is 0 Å². The number of rotatable bonds is 1. The largest absolute Gasteiger partial charge is 0.396 e. The van der Waals surface area contributed by atoms with Crippen LogP contribution in [0, 0.1) is 5.92 Å². The van der Waals surface area contributed by atoms with Crippen LogP contribution in [0.4, 0.5) is 0 Å². The third-order valence-corrected chi connectivity index (χ3v) is 1.82. The molecule has 0 radical (unpaired) electrons. The van der Waals surface area contributed by atoms with Gasteiger partial charge < -0.3 is 15.5 Å². The average Bonchev–Trinajstić information content (AvgIpc) is 1.89. The van der Waals surface area contributed by atoms with E-state index in [1.54, 1.807) is 0 Å². The molecule has 1 rings (SSSR count). The standard InChI is InChI=1S/C6H13NO2/c8-4-5-1-2-7-3-6(5)9/h5-9H,1-4H2/t5?,6-/m0/s1. The minimum absolute atomic E-state index is 0.103. The molecule has 0 amide bonds. The summed E-state index contributed by atoms with van der Waals surface area (Å²) in [5.74, 6) is 0.103. The molecule has 0 aromatic rings. The monoisotopic (exact) mass is 131 g/mol. The summed E-state index contributed by atoms with van der Waals surface area (Å²) in [5, 5.41) is 20.9. The molecule has 1 aliphatic heterocycles. The SMILES string of the molecule is OCC1CCNC[C@@H]1O. The number of hydrogen-bond donors (Lipinski definition) is 3. The van der Waals surface area contributed by atoms with Gasteiger partial charge in [-0.1, -0.05) is 0 Å². The Morgan fingerprint density at radius 2 is 2.33 bits per heavy atom. The molecule has 0 aliphatic carbocycles. The molecular weight excluding hydrogens is 118 g/mol. The Morgan fingerprint density at radius 1 is 1.56 bits per heavy atom. The van der Waals surface area contributed by atoms with Crippen molar-refractivity contribution in [3.8, 4) is 0 Å². The van der Waals surface area contributed by atoms with Crippen molar-refractivity contribution < 1.29 is 10.2 Å². The van der Waals surface area contributed by atoms with Gasteiger partial charge in [0, 0.05) is 19.1 Å². The van der Waals surface area contributed by atoms with Gasteiger partial charge in [0.1, 0.15) is 0 Å². The fourth-order valence-corrected chi connectivity index (χ4v) is 1.11. The van der Waals surface area contributed by atoms with Crippen LogP contribution in [0.15, 0.2) is 0 Å². The van der Waals surface area contributed by atoms with E-state index in [0.29, 0.717) is 6.54 Å². The van der Waals surface area contributed by atoms with Gasteiger partial charge in [0.25, 0.3) is 0 Å². The highest BCUT2D eigenvalue weighted by Crippen LogP contribution is 2.10. The molecule has 3 N–H and O–H groups in total. The van der Waals surface area contributed by atoms with E-state index in [-0.39, 0.29) is 18.6 Å². The second-order valence-electron chi connectivity index (χ2n) is 2.50. The molecule has 1 saturated heterocycles. The van der Waals surface area contributed by atoms with E-state index in [1.165, 1.54) is 0 Å². The third kappa shape index (κ3) is 1.64. The minimum Gasteiger partial charge on any atom is -0.396 e. The molecule has 9 heavy (non-hydrogen) atoms. The van der Waals surface area contributed by atoms with Gasteiger partial charge in [0.05, 0.1) is 6.10 Å². The van der Waals surface area contributed by atoms with E-state index < -0.39 is 0 Å². The topological polar surface area (TPSA) is 52.5 Å². The van der Waals surface area contributed by atoms with Crippen LogP contribution in [0.2, 0.25) is 0 Å². The van der Waals surface area contributed by atoms with E-state index in [4.69, 9.17) is 10.2 Å². The zero-order valence-corrected chi connectivity index (χ0v) is 5.38. The summed E-state index contributed by atoms with van der Waals surface area (Å²) in [6.07, 6.45) is 0.543. The second-order valence-corrected chi connectivity index (χ2v) is 2.50. The first-order valence-electron chi connectivity index (χ1n) is 3.34. The number of β-amino-alcohol motifs (C(OH)–C–C–N with tert-alkyl or cyclic N) is 1. The first-order valence-corrected chi connectivity index (χ1v) is 3.34. The summed E-state index contributed by atoms with van der Waals surface area (Å²) >= 11 is 0. The van der Waals surface area contributed by atoms with E-state index in [9.17, 15) is 0 Å². The lowest BCUT2D eigenvalue weighted by molar-refractivity contribution is 0.0460. The summed E-state index contributed by atoms with van der Waals surface area (Å²) in [6, 6.07) is 0. The second kappa shape index (κ2) is 3.15. The number of aliphatic hydroxyl groups is 2. The highest BCUT2D eigenvalue weighted by atomic mass is 16.3. The fourth-order valence-electron chi connectivity index (χ4n) is 1.11. The van der Waals surface area contributed by atoms with Crippen LogP contribution < -0.4 is 5.32 Å². The molecule has 1 unspecified atom stereocenters. The van der Waals surface area contributed by atoms with Crippen LogP contribution in [0.1, 0.15) is 6.42 Å². The van der Waals surface area contributed by atoms with Gasteiger partial charge in [-0.3, -0.25) is 0 Å². The summed E-state index contributed by atoms with van der Waals surface area (Å²) < 4.78 is 0. The summed E-state index contributed by atoms with van der Waals surface area (Å²) in [7, 11) is 0. The number of nitrogens with one attached hydrogen (secondary N) is 1. The zero-order valence-electron chi connectivity index (χ0n) is 5.38. The number of aliphatic hydroxyl groups excluding tert-OH is 2.